The maximum atomic E-state index is 11.8. The van der Waals surface area contributed by atoms with Crippen LogP contribution in [0.25, 0.3) is 0 Å². The lowest BCUT2D eigenvalue weighted by molar-refractivity contribution is -0.116. The standard InChI is InChI=1S/C18H28N4O/c1-14(2)11-17(23)21-16-8-6-7-15(12-16)13-20-18(19)22-9-4-3-5-10-22/h6-8,12,14H,3-5,9-11,13H2,1-2H3,(H2,19,20)(H,21,23). The van der Waals surface area contributed by atoms with E-state index < -0.39 is 0 Å². The average molecular weight is 316 g/mol. The molecule has 0 bridgehead atoms. The second kappa shape index (κ2) is 8.56. The third-order valence-electron chi connectivity index (χ3n) is 3.91. The van der Waals surface area contributed by atoms with Gasteiger partial charge in [-0.15, -0.1) is 0 Å². The van der Waals surface area contributed by atoms with Gasteiger partial charge in [-0.05, 0) is 42.9 Å². The fourth-order valence-electron chi connectivity index (χ4n) is 2.73. The fraction of sp³-hybridized carbons (Fsp3) is 0.556. The van der Waals surface area contributed by atoms with E-state index in [2.05, 4.69) is 15.2 Å². The minimum atomic E-state index is 0.0495. The topological polar surface area (TPSA) is 70.7 Å². The number of piperidine rings is 1. The molecule has 5 heteroatoms. The number of benzene rings is 1. The molecule has 1 amide bonds. The summed E-state index contributed by atoms with van der Waals surface area (Å²) in [6.45, 7) is 6.61. The number of hydrogen-bond acceptors (Lipinski definition) is 2. The molecule has 23 heavy (non-hydrogen) atoms. The number of amides is 1. The predicted molar refractivity (Wildman–Crippen MR) is 95.3 cm³/mol. The van der Waals surface area contributed by atoms with Crippen molar-refractivity contribution in [2.45, 2.75) is 46.1 Å². The van der Waals surface area contributed by atoms with Gasteiger partial charge in [0.25, 0.3) is 0 Å². The first-order valence-corrected chi connectivity index (χ1v) is 8.48. The van der Waals surface area contributed by atoms with Crippen molar-refractivity contribution in [1.82, 2.24) is 4.90 Å². The Bertz CT molecular complexity index is 548. The number of rotatable bonds is 5. The summed E-state index contributed by atoms with van der Waals surface area (Å²) in [6, 6.07) is 7.81. The lowest BCUT2D eigenvalue weighted by atomic mass is 10.1. The van der Waals surface area contributed by atoms with Crippen molar-refractivity contribution in [2.75, 3.05) is 18.4 Å². The first-order chi connectivity index (χ1) is 11.0. The Labute approximate surface area is 139 Å². The van der Waals surface area contributed by atoms with E-state index in [-0.39, 0.29) is 5.91 Å². The van der Waals surface area contributed by atoms with Crippen molar-refractivity contribution in [2.24, 2.45) is 16.6 Å². The zero-order valence-electron chi connectivity index (χ0n) is 14.2. The Hall–Kier alpha value is -2.04. The molecule has 0 saturated carbocycles. The number of nitrogens with zero attached hydrogens (tertiary/aromatic N) is 2. The molecule has 0 aliphatic carbocycles. The smallest absolute Gasteiger partial charge is 0.224 e. The molecule has 3 N–H and O–H groups in total. The fourth-order valence-corrected chi connectivity index (χ4v) is 2.73. The van der Waals surface area contributed by atoms with E-state index in [0.717, 1.165) is 24.3 Å². The monoisotopic (exact) mass is 316 g/mol. The van der Waals surface area contributed by atoms with Crippen LogP contribution in [0.4, 0.5) is 5.69 Å². The number of nitrogens with two attached hydrogens (primary N) is 1. The molecule has 1 heterocycles. The van der Waals surface area contributed by atoms with Crippen LogP contribution in [0.2, 0.25) is 0 Å². The molecule has 0 atom stereocenters. The van der Waals surface area contributed by atoms with E-state index in [1.165, 1.54) is 19.3 Å². The van der Waals surface area contributed by atoms with Crippen LogP contribution in [0.15, 0.2) is 29.3 Å². The zero-order chi connectivity index (χ0) is 16.7. The highest BCUT2D eigenvalue weighted by atomic mass is 16.1. The van der Waals surface area contributed by atoms with Gasteiger partial charge >= 0.3 is 0 Å². The second-order valence-electron chi connectivity index (χ2n) is 6.57. The predicted octanol–water partition coefficient (Wildman–Crippen LogP) is 2.97. The van der Waals surface area contributed by atoms with Gasteiger partial charge in [0.2, 0.25) is 5.91 Å². The molecular formula is C18H28N4O. The van der Waals surface area contributed by atoms with Crippen molar-refractivity contribution in [3.63, 3.8) is 0 Å². The number of guanidine groups is 1. The summed E-state index contributed by atoms with van der Waals surface area (Å²) in [5, 5.41) is 2.94. The molecule has 5 nitrogen and oxygen atoms in total. The molecule has 0 radical (unpaired) electrons. The molecule has 1 aliphatic heterocycles. The summed E-state index contributed by atoms with van der Waals surface area (Å²) < 4.78 is 0. The van der Waals surface area contributed by atoms with Gasteiger partial charge in [-0.2, -0.15) is 0 Å². The molecule has 1 fully saturated rings. The van der Waals surface area contributed by atoms with E-state index in [9.17, 15) is 4.79 Å². The number of aliphatic imine (C=N–C) groups is 1. The van der Waals surface area contributed by atoms with Crippen LogP contribution in [-0.4, -0.2) is 29.9 Å². The SMILES string of the molecule is CC(C)CC(=O)Nc1cccc(CN=C(N)N2CCCCC2)c1. The van der Waals surface area contributed by atoms with Gasteiger partial charge in [0.15, 0.2) is 5.96 Å². The number of carbonyl (C=O) groups excluding carboxylic acids is 1. The highest BCUT2D eigenvalue weighted by molar-refractivity contribution is 5.90. The van der Waals surface area contributed by atoms with Crippen LogP contribution >= 0.6 is 0 Å². The highest BCUT2D eigenvalue weighted by Gasteiger charge is 2.11. The molecule has 1 aromatic rings. The van der Waals surface area contributed by atoms with Crippen LogP contribution in [0.5, 0.6) is 0 Å². The van der Waals surface area contributed by atoms with E-state index in [0.29, 0.717) is 24.8 Å². The zero-order valence-corrected chi connectivity index (χ0v) is 14.2. The Morgan fingerprint density at radius 1 is 1.30 bits per heavy atom. The normalized spacial score (nSPS) is 15.8. The summed E-state index contributed by atoms with van der Waals surface area (Å²) in [5.41, 5.74) is 7.94. The van der Waals surface area contributed by atoms with Crippen LogP contribution in [0.3, 0.4) is 0 Å². The molecule has 126 valence electrons. The van der Waals surface area contributed by atoms with Crippen molar-refractivity contribution in [3.05, 3.63) is 29.8 Å². The van der Waals surface area contributed by atoms with Crippen molar-refractivity contribution >= 4 is 17.6 Å². The molecule has 1 aromatic carbocycles. The van der Waals surface area contributed by atoms with E-state index >= 15 is 0 Å². The molecule has 1 aliphatic rings. The Kier molecular flexibility index (Phi) is 6.44. The van der Waals surface area contributed by atoms with Crippen molar-refractivity contribution in [3.8, 4) is 0 Å². The first kappa shape index (κ1) is 17.3. The number of hydrogen-bond donors (Lipinski definition) is 2. The van der Waals surface area contributed by atoms with Crippen LogP contribution in [0, 0.1) is 5.92 Å². The number of nitrogens with one attached hydrogen (secondary N) is 1. The molecule has 2 rings (SSSR count). The quantitative estimate of drug-likeness (QED) is 0.648. The Balaban J connectivity index is 1.92. The van der Waals surface area contributed by atoms with Gasteiger partial charge in [0.05, 0.1) is 6.54 Å². The van der Waals surface area contributed by atoms with Gasteiger partial charge < -0.3 is 16.0 Å². The summed E-state index contributed by atoms with van der Waals surface area (Å²) in [6.07, 6.45) is 4.19. The van der Waals surface area contributed by atoms with Gasteiger partial charge in [0, 0.05) is 25.2 Å². The van der Waals surface area contributed by atoms with Crippen molar-refractivity contribution < 1.29 is 4.79 Å². The average Bonchev–Trinajstić information content (AvgIpc) is 2.53. The van der Waals surface area contributed by atoms with Gasteiger partial charge in [-0.25, -0.2) is 4.99 Å². The molecular weight excluding hydrogens is 288 g/mol. The number of anilines is 1. The van der Waals surface area contributed by atoms with E-state index in [1.807, 2.05) is 38.1 Å². The van der Waals surface area contributed by atoms with Crippen molar-refractivity contribution in [1.29, 1.82) is 0 Å². The van der Waals surface area contributed by atoms with Crippen LogP contribution in [0.1, 0.15) is 45.1 Å². The molecule has 0 spiro atoms. The largest absolute Gasteiger partial charge is 0.370 e. The highest BCUT2D eigenvalue weighted by Crippen LogP contribution is 2.14. The lowest BCUT2D eigenvalue weighted by Gasteiger charge is -2.27. The number of carbonyl (C=O) groups is 1. The summed E-state index contributed by atoms with van der Waals surface area (Å²) >= 11 is 0. The first-order valence-electron chi connectivity index (χ1n) is 8.48. The van der Waals surface area contributed by atoms with E-state index in [1.54, 1.807) is 0 Å². The van der Waals surface area contributed by atoms with E-state index in [4.69, 9.17) is 5.73 Å². The van der Waals surface area contributed by atoms with Gasteiger partial charge in [0.1, 0.15) is 0 Å². The minimum absolute atomic E-state index is 0.0495. The Morgan fingerprint density at radius 3 is 2.74 bits per heavy atom. The molecule has 1 saturated heterocycles. The Morgan fingerprint density at radius 2 is 2.04 bits per heavy atom. The third kappa shape index (κ3) is 5.93. The molecule has 0 aromatic heterocycles. The van der Waals surface area contributed by atoms with Gasteiger partial charge in [-0.1, -0.05) is 26.0 Å². The summed E-state index contributed by atoms with van der Waals surface area (Å²) in [4.78, 5) is 18.5. The third-order valence-corrected chi connectivity index (χ3v) is 3.91. The maximum Gasteiger partial charge on any atom is 0.224 e. The maximum absolute atomic E-state index is 11.8. The van der Waals surface area contributed by atoms with Crippen LogP contribution < -0.4 is 11.1 Å². The summed E-state index contributed by atoms with van der Waals surface area (Å²) in [7, 11) is 0. The molecule has 0 unspecified atom stereocenters. The number of likely N-dealkylation sites (tertiary alicyclic amines) is 1. The van der Waals surface area contributed by atoms with Crippen LogP contribution in [-0.2, 0) is 11.3 Å². The second-order valence-corrected chi connectivity index (χ2v) is 6.57. The minimum Gasteiger partial charge on any atom is -0.370 e. The summed E-state index contributed by atoms with van der Waals surface area (Å²) in [5.74, 6) is 1.03. The van der Waals surface area contributed by atoms with Gasteiger partial charge in [-0.3, -0.25) is 4.79 Å². The lowest BCUT2D eigenvalue weighted by Crippen LogP contribution is -2.40.